The van der Waals surface area contributed by atoms with Crippen molar-refractivity contribution in [1.82, 2.24) is 0 Å². The van der Waals surface area contributed by atoms with Crippen LogP contribution in [0.4, 0.5) is 0 Å². The van der Waals surface area contributed by atoms with Crippen LogP contribution in [-0.2, 0) is 18.4 Å². The van der Waals surface area contributed by atoms with Crippen LogP contribution in [0.2, 0.25) is 36.3 Å². The second kappa shape index (κ2) is 12.6. The van der Waals surface area contributed by atoms with Gasteiger partial charge in [0.05, 0.1) is 12.0 Å². The molecule has 3 fully saturated rings. The fourth-order valence-electron chi connectivity index (χ4n) is 6.76. The summed E-state index contributed by atoms with van der Waals surface area (Å²) in [4.78, 5) is 13.6. The van der Waals surface area contributed by atoms with Crippen molar-refractivity contribution in [3.05, 3.63) is 0 Å². The van der Waals surface area contributed by atoms with Gasteiger partial charge in [0.25, 0.3) is 0 Å². The highest BCUT2D eigenvalue weighted by Crippen LogP contribution is 2.57. The number of Topliss-reactive ketones (excluding diaryl/α,β-unsaturated/α-hetero) is 1. The second-order valence-corrected chi connectivity index (χ2v) is 25.7. The molecule has 1 unspecified atom stereocenters. The first-order valence-electron chi connectivity index (χ1n) is 16.4. The Morgan fingerprint density at radius 1 is 0.950 bits per heavy atom. The lowest BCUT2D eigenvalue weighted by Crippen LogP contribution is -2.70. The van der Waals surface area contributed by atoms with Crippen LogP contribution in [0.1, 0.15) is 113 Å². The Kier molecular flexibility index (Phi) is 10.8. The largest absolute Gasteiger partial charge is 0.413 e. The number of ether oxygens (including phenoxy) is 1. The molecule has 6 heteroatoms. The molecule has 0 amide bonds. The maximum atomic E-state index is 13.6. The van der Waals surface area contributed by atoms with E-state index in [-0.39, 0.29) is 40.0 Å². The topological polar surface area (TPSA) is 44.8 Å². The molecular formula is C34H62O4Si2. The van der Waals surface area contributed by atoms with Gasteiger partial charge in [0.15, 0.2) is 22.4 Å². The molecule has 0 saturated heterocycles. The zero-order valence-electron chi connectivity index (χ0n) is 28.2. The van der Waals surface area contributed by atoms with Gasteiger partial charge in [-0.05, 0) is 74.3 Å². The van der Waals surface area contributed by atoms with Crippen molar-refractivity contribution in [1.29, 1.82) is 0 Å². The van der Waals surface area contributed by atoms with E-state index in [0.29, 0.717) is 11.7 Å². The summed E-state index contributed by atoms with van der Waals surface area (Å²) >= 11 is 0. The summed E-state index contributed by atoms with van der Waals surface area (Å²) in [5.41, 5.74) is -0.689. The molecule has 0 aliphatic heterocycles. The van der Waals surface area contributed by atoms with E-state index < -0.39 is 22.2 Å². The number of methoxy groups -OCH3 is 1. The summed E-state index contributed by atoms with van der Waals surface area (Å²) in [6.07, 6.45) is 10.9. The number of carbonyl (C=O) groups excluding carboxylic acids is 1. The highest BCUT2D eigenvalue weighted by molar-refractivity contribution is 6.74. The summed E-state index contributed by atoms with van der Waals surface area (Å²) in [5.74, 6) is 8.57. The standard InChI is InChI=1S/C34H62O4Si2/c1-13-14-20-27-30-26(21-22-28(25-18-16-15-17-19-25)37-39(9,10)32(2,3)4)29(38-40(11,12)33(5,6)7)23-24-34(30,36-8)31(27)35/h25-30H,13-20,23-24H2,1-12H3/t26-,27?,28+,29+,30-,34+/m1/s1. The first-order chi connectivity index (χ1) is 18.4. The van der Waals surface area contributed by atoms with Crippen LogP contribution >= 0.6 is 0 Å². The van der Waals surface area contributed by atoms with Crippen LogP contribution in [-0.4, -0.2) is 47.3 Å². The number of carbonyl (C=O) groups is 1. The third-order valence-corrected chi connectivity index (χ3v) is 20.5. The molecule has 3 rings (SSSR count). The molecule has 0 aromatic heterocycles. The Bertz CT molecular complexity index is 928. The van der Waals surface area contributed by atoms with E-state index >= 15 is 0 Å². The molecular weight excluding hydrogens is 529 g/mol. The first kappa shape index (κ1) is 34.0. The van der Waals surface area contributed by atoms with Crippen LogP contribution in [0.15, 0.2) is 0 Å². The van der Waals surface area contributed by atoms with Gasteiger partial charge in [-0.2, -0.15) is 0 Å². The predicted octanol–water partition coefficient (Wildman–Crippen LogP) is 9.15. The molecule has 40 heavy (non-hydrogen) atoms. The smallest absolute Gasteiger partial charge is 0.193 e. The van der Waals surface area contributed by atoms with Gasteiger partial charge in [0.2, 0.25) is 0 Å². The zero-order valence-corrected chi connectivity index (χ0v) is 30.2. The Labute approximate surface area is 249 Å². The van der Waals surface area contributed by atoms with Crippen LogP contribution in [0, 0.1) is 35.5 Å². The molecule has 0 bridgehead atoms. The minimum Gasteiger partial charge on any atom is -0.413 e. The normalized spacial score (nSPS) is 31.1. The van der Waals surface area contributed by atoms with E-state index in [1.807, 2.05) is 0 Å². The predicted molar refractivity (Wildman–Crippen MR) is 172 cm³/mol. The molecule has 0 radical (unpaired) electrons. The molecule has 0 aromatic carbocycles. The summed E-state index contributed by atoms with van der Waals surface area (Å²) in [6, 6.07) is 0. The van der Waals surface area contributed by atoms with Crippen LogP contribution in [0.3, 0.4) is 0 Å². The molecule has 0 N–H and O–H groups in total. The zero-order chi connectivity index (χ0) is 30.1. The molecule has 230 valence electrons. The second-order valence-electron chi connectivity index (χ2n) is 16.2. The SMILES string of the molecule is CCCCC1C(=O)[C@]2(OC)CC[C@H](O[Si](C)(C)C(C)(C)C)[C@@H](C#C[C@H](O[Si](C)(C)C(C)(C)C)C3CCCCC3)[C@H]12. The van der Waals surface area contributed by atoms with Crippen molar-refractivity contribution < 1.29 is 18.4 Å². The number of unbranched alkanes of at least 4 members (excludes halogenated alkanes) is 1. The molecule has 0 spiro atoms. The molecule has 6 atom stereocenters. The van der Waals surface area contributed by atoms with Crippen molar-refractivity contribution in [2.75, 3.05) is 7.11 Å². The molecule has 4 nitrogen and oxygen atoms in total. The maximum Gasteiger partial charge on any atom is 0.193 e. The Morgan fingerprint density at radius 2 is 1.55 bits per heavy atom. The highest BCUT2D eigenvalue weighted by atomic mass is 28.4. The summed E-state index contributed by atoms with van der Waals surface area (Å²) in [5, 5.41) is 0.255. The Hall–Kier alpha value is -0.456. The van der Waals surface area contributed by atoms with Gasteiger partial charge in [-0.1, -0.05) is 92.4 Å². The quantitative estimate of drug-likeness (QED) is 0.198. The van der Waals surface area contributed by atoms with Gasteiger partial charge in [-0.15, -0.1) is 0 Å². The third kappa shape index (κ3) is 6.85. The summed E-state index contributed by atoms with van der Waals surface area (Å²) < 4.78 is 20.4. The molecule has 3 saturated carbocycles. The average molecular weight is 591 g/mol. The van der Waals surface area contributed by atoms with Crippen molar-refractivity contribution in [2.24, 2.45) is 23.7 Å². The monoisotopic (exact) mass is 590 g/mol. The number of hydrogen-bond acceptors (Lipinski definition) is 4. The van der Waals surface area contributed by atoms with Crippen LogP contribution in [0.5, 0.6) is 0 Å². The summed E-state index contributed by atoms with van der Waals surface area (Å²) in [7, 11) is -2.29. The lowest BCUT2D eigenvalue weighted by atomic mass is 9.49. The number of ketones is 1. The van der Waals surface area contributed by atoms with Gasteiger partial charge in [0, 0.05) is 18.9 Å². The lowest BCUT2D eigenvalue weighted by Gasteiger charge is -2.59. The van der Waals surface area contributed by atoms with Crippen molar-refractivity contribution in [2.45, 2.75) is 167 Å². The van der Waals surface area contributed by atoms with E-state index in [1.54, 1.807) is 7.11 Å². The van der Waals surface area contributed by atoms with Crippen molar-refractivity contribution >= 4 is 22.4 Å². The molecule has 0 aromatic rings. The van der Waals surface area contributed by atoms with E-state index in [0.717, 1.165) is 32.1 Å². The number of fused-ring (bicyclic) bond motifs is 1. The minimum absolute atomic E-state index is 0.00325. The van der Waals surface area contributed by atoms with E-state index in [1.165, 1.54) is 32.1 Å². The first-order valence-corrected chi connectivity index (χ1v) is 22.2. The third-order valence-electron chi connectivity index (χ3n) is 11.5. The average Bonchev–Trinajstić information content (AvgIpc) is 2.86. The van der Waals surface area contributed by atoms with E-state index in [2.05, 4.69) is 86.5 Å². The van der Waals surface area contributed by atoms with Crippen LogP contribution in [0.25, 0.3) is 0 Å². The molecule has 3 aliphatic carbocycles. The van der Waals surface area contributed by atoms with Gasteiger partial charge in [-0.3, -0.25) is 4.79 Å². The van der Waals surface area contributed by atoms with Crippen LogP contribution < -0.4 is 0 Å². The van der Waals surface area contributed by atoms with Gasteiger partial charge < -0.3 is 13.6 Å². The Balaban J connectivity index is 2.05. The molecule has 0 heterocycles. The van der Waals surface area contributed by atoms with Gasteiger partial charge in [-0.25, -0.2) is 0 Å². The van der Waals surface area contributed by atoms with Crippen molar-refractivity contribution in [3.63, 3.8) is 0 Å². The van der Waals surface area contributed by atoms with E-state index in [4.69, 9.17) is 13.6 Å². The maximum absolute atomic E-state index is 13.6. The van der Waals surface area contributed by atoms with Gasteiger partial charge >= 0.3 is 0 Å². The van der Waals surface area contributed by atoms with Crippen molar-refractivity contribution in [3.8, 4) is 11.8 Å². The number of hydrogen-bond donors (Lipinski definition) is 0. The summed E-state index contributed by atoms with van der Waals surface area (Å²) in [6.45, 7) is 25.5. The fourth-order valence-corrected chi connectivity index (χ4v) is 9.38. The minimum atomic E-state index is -2.03. The number of rotatable bonds is 9. The molecule has 3 aliphatic rings. The van der Waals surface area contributed by atoms with E-state index in [9.17, 15) is 4.79 Å². The lowest BCUT2D eigenvalue weighted by molar-refractivity contribution is -0.207. The fraction of sp³-hybridized carbons (Fsp3) is 0.912. The van der Waals surface area contributed by atoms with Gasteiger partial charge in [0.1, 0.15) is 11.7 Å². The highest BCUT2D eigenvalue weighted by Gasteiger charge is 2.67. The Morgan fingerprint density at radius 3 is 2.08 bits per heavy atom.